The molecule has 1 aliphatic carbocycles. The maximum atomic E-state index is 12.3. The fraction of sp³-hybridized carbons (Fsp3) is 0.400. The summed E-state index contributed by atoms with van der Waals surface area (Å²) in [5.41, 5.74) is 0.449. The predicted octanol–water partition coefficient (Wildman–Crippen LogP) is 3.12. The molecule has 0 spiro atoms. The third-order valence-electron chi connectivity index (χ3n) is 4.62. The van der Waals surface area contributed by atoms with Crippen LogP contribution in [0.4, 0.5) is 0 Å². The normalized spacial score (nSPS) is 17.3. The largest absolute Gasteiger partial charge is 0.449 e. The fourth-order valence-electron chi connectivity index (χ4n) is 3.13. The van der Waals surface area contributed by atoms with Gasteiger partial charge in [-0.3, -0.25) is 4.79 Å². The zero-order chi connectivity index (χ0) is 19.3. The second-order valence-electron chi connectivity index (χ2n) is 6.68. The topological polar surface area (TPSA) is 105 Å². The van der Waals surface area contributed by atoms with Gasteiger partial charge < -0.3 is 14.5 Å². The van der Waals surface area contributed by atoms with Crippen molar-refractivity contribution < 1.29 is 18.7 Å². The van der Waals surface area contributed by atoms with Crippen molar-refractivity contribution in [2.24, 2.45) is 0 Å². The number of amides is 1. The Morgan fingerprint density at radius 3 is 2.78 bits per heavy atom. The molecule has 1 atom stereocenters. The standard InChI is InChI=1S/C20H21N3O4/c1-14(19(25)23-20(13-21)11-5-2-6-12-20)26-18(24)10-9-17-22-15-7-3-4-8-16(15)27-17/h3-4,7-10,14H,2,5-6,11-12H2,1H3,(H,23,25)/b10-9+/t14-/m0/s1. The van der Waals surface area contributed by atoms with E-state index in [1.165, 1.54) is 13.0 Å². The van der Waals surface area contributed by atoms with Gasteiger partial charge in [0.05, 0.1) is 6.07 Å². The van der Waals surface area contributed by atoms with E-state index < -0.39 is 23.5 Å². The molecule has 1 fully saturated rings. The van der Waals surface area contributed by atoms with E-state index in [1.54, 1.807) is 12.1 Å². The van der Waals surface area contributed by atoms with E-state index >= 15 is 0 Å². The fourth-order valence-corrected chi connectivity index (χ4v) is 3.13. The van der Waals surface area contributed by atoms with Crippen LogP contribution in [0.5, 0.6) is 0 Å². The predicted molar refractivity (Wildman–Crippen MR) is 98.2 cm³/mol. The van der Waals surface area contributed by atoms with Gasteiger partial charge >= 0.3 is 5.97 Å². The molecule has 1 aromatic carbocycles. The van der Waals surface area contributed by atoms with Crippen molar-refractivity contribution in [2.75, 3.05) is 0 Å². The maximum absolute atomic E-state index is 12.3. The number of esters is 1. The number of fused-ring (bicyclic) bond motifs is 1. The summed E-state index contributed by atoms with van der Waals surface area (Å²) in [7, 11) is 0. The van der Waals surface area contributed by atoms with Crippen molar-refractivity contribution in [1.82, 2.24) is 10.3 Å². The van der Waals surface area contributed by atoms with Crippen LogP contribution in [-0.2, 0) is 14.3 Å². The number of carbonyl (C=O) groups is 2. The lowest BCUT2D eigenvalue weighted by molar-refractivity contribution is -0.150. The Kier molecular flexibility index (Phi) is 5.55. The van der Waals surface area contributed by atoms with E-state index in [0.717, 1.165) is 25.3 Å². The summed E-state index contributed by atoms with van der Waals surface area (Å²) in [6, 6.07) is 9.46. The van der Waals surface area contributed by atoms with Crippen LogP contribution in [0.3, 0.4) is 0 Å². The van der Waals surface area contributed by atoms with Crippen molar-refractivity contribution in [2.45, 2.75) is 50.7 Å². The minimum atomic E-state index is -1.00. The summed E-state index contributed by atoms with van der Waals surface area (Å²) in [5.74, 6) is -0.882. The first-order valence-electron chi connectivity index (χ1n) is 8.99. The number of aromatic nitrogens is 1. The number of hydrogen-bond acceptors (Lipinski definition) is 6. The number of hydrogen-bond donors (Lipinski definition) is 1. The molecule has 1 amide bonds. The van der Waals surface area contributed by atoms with Gasteiger partial charge in [-0.05, 0) is 31.9 Å². The zero-order valence-electron chi connectivity index (χ0n) is 15.1. The number of nitriles is 1. The first-order valence-corrected chi connectivity index (χ1v) is 8.99. The van der Waals surface area contributed by atoms with E-state index in [0.29, 0.717) is 23.9 Å². The monoisotopic (exact) mass is 367 g/mol. The molecule has 7 nitrogen and oxygen atoms in total. The first kappa shape index (κ1) is 18.6. The zero-order valence-corrected chi connectivity index (χ0v) is 15.1. The molecule has 1 aromatic heterocycles. The van der Waals surface area contributed by atoms with Crippen LogP contribution in [0.25, 0.3) is 17.2 Å². The Hall–Kier alpha value is -3.14. The van der Waals surface area contributed by atoms with E-state index in [1.807, 2.05) is 12.1 Å². The van der Waals surface area contributed by atoms with E-state index in [9.17, 15) is 14.9 Å². The quantitative estimate of drug-likeness (QED) is 0.643. The summed E-state index contributed by atoms with van der Waals surface area (Å²) >= 11 is 0. The number of oxazole rings is 1. The van der Waals surface area contributed by atoms with Gasteiger partial charge in [0, 0.05) is 12.2 Å². The smallest absolute Gasteiger partial charge is 0.331 e. The number of carbonyl (C=O) groups excluding carboxylic acids is 2. The Balaban J connectivity index is 1.56. The van der Waals surface area contributed by atoms with E-state index in [4.69, 9.17) is 9.15 Å². The number of ether oxygens (including phenoxy) is 1. The van der Waals surface area contributed by atoms with Crippen molar-refractivity contribution in [3.8, 4) is 6.07 Å². The highest BCUT2D eigenvalue weighted by Crippen LogP contribution is 2.27. The van der Waals surface area contributed by atoms with Gasteiger partial charge in [-0.25, -0.2) is 9.78 Å². The van der Waals surface area contributed by atoms with Gasteiger partial charge in [-0.15, -0.1) is 0 Å². The summed E-state index contributed by atoms with van der Waals surface area (Å²) in [5, 5.41) is 12.2. The van der Waals surface area contributed by atoms with E-state index in [2.05, 4.69) is 16.4 Å². The van der Waals surface area contributed by atoms with Crippen molar-refractivity contribution >= 4 is 29.1 Å². The summed E-state index contributed by atoms with van der Waals surface area (Å²) in [6.45, 7) is 1.48. The minimum absolute atomic E-state index is 0.274. The lowest BCUT2D eigenvalue weighted by Crippen LogP contribution is -2.52. The van der Waals surface area contributed by atoms with E-state index in [-0.39, 0.29) is 5.89 Å². The van der Waals surface area contributed by atoms with Gasteiger partial charge in [0.1, 0.15) is 11.1 Å². The van der Waals surface area contributed by atoms with Crippen LogP contribution >= 0.6 is 0 Å². The molecule has 27 heavy (non-hydrogen) atoms. The Bertz CT molecular complexity index is 870. The highest BCUT2D eigenvalue weighted by Gasteiger charge is 2.35. The minimum Gasteiger partial charge on any atom is -0.449 e. The third-order valence-corrected chi connectivity index (χ3v) is 4.62. The molecule has 1 N–H and O–H groups in total. The summed E-state index contributed by atoms with van der Waals surface area (Å²) in [4.78, 5) is 28.5. The molecule has 1 saturated carbocycles. The number of nitrogens with one attached hydrogen (secondary N) is 1. The molecule has 0 bridgehead atoms. The molecular formula is C20H21N3O4. The van der Waals surface area contributed by atoms with Crippen LogP contribution in [0.2, 0.25) is 0 Å². The molecule has 1 aliphatic rings. The van der Waals surface area contributed by atoms with Crippen molar-refractivity contribution in [3.63, 3.8) is 0 Å². The van der Waals surface area contributed by atoms with Gasteiger partial charge in [0.25, 0.3) is 5.91 Å². The first-order chi connectivity index (χ1) is 13.0. The van der Waals surface area contributed by atoms with Crippen molar-refractivity contribution in [1.29, 1.82) is 5.26 Å². The van der Waals surface area contributed by atoms with Crippen LogP contribution in [-0.4, -0.2) is 28.5 Å². The number of nitrogens with zero attached hydrogens (tertiary/aromatic N) is 2. The van der Waals surface area contributed by atoms with Gasteiger partial charge in [-0.2, -0.15) is 5.26 Å². The highest BCUT2D eigenvalue weighted by molar-refractivity contribution is 5.90. The molecule has 0 saturated heterocycles. The summed E-state index contributed by atoms with van der Waals surface area (Å²) < 4.78 is 10.6. The number of rotatable bonds is 5. The highest BCUT2D eigenvalue weighted by atomic mass is 16.5. The van der Waals surface area contributed by atoms with Crippen LogP contribution < -0.4 is 5.32 Å². The average molecular weight is 367 g/mol. The second kappa shape index (κ2) is 8.04. The third kappa shape index (κ3) is 4.53. The molecule has 140 valence electrons. The number of benzene rings is 1. The summed E-state index contributed by atoms with van der Waals surface area (Å²) in [6.07, 6.45) is 5.65. The Labute approximate surface area is 157 Å². The molecule has 1 heterocycles. The molecule has 2 aromatic rings. The van der Waals surface area contributed by atoms with Crippen molar-refractivity contribution in [3.05, 3.63) is 36.2 Å². The molecular weight excluding hydrogens is 346 g/mol. The van der Waals surface area contributed by atoms with Crippen LogP contribution in [0.1, 0.15) is 44.9 Å². The molecule has 0 aliphatic heterocycles. The maximum Gasteiger partial charge on any atom is 0.331 e. The molecule has 0 unspecified atom stereocenters. The lowest BCUT2D eigenvalue weighted by atomic mass is 9.83. The van der Waals surface area contributed by atoms with Crippen LogP contribution in [0, 0.1) is 11.3 Å². The average Bonchev–Trinajstić information content (AvgIpc) is 3.10. The van der Waals surface area contributed by atoms with Crippen LogP contribution in [0.15, 0.2) is 34.8 Å². The Morgan fingerprint density at radius 2 is 2.07 bits per heavy atom. The Morgan fingerprint density at radius 1 is 1.33 bits per heavy atom. The number of para-hydroxylation sites is 2. The lowest BCUT2D eigenvalue weighted by Gasteiger charge is -2.32. The molecule has 3 rings (SSSR count). The SMILES string of the molecule is C[C@H](OC(=O)/C=C/c1nc2ccccc2o1)C(=O)NC1(C#N)CCCCC1. The second-order valence-corrected chi connectivity index (χ2v) is 6.68. The molecule has 0 radical (unpaired) electrons. The van der Waals surface area contributed by atoms with Gasteiger partial charge in [0.2, 0.25) is 5.89 Å². The van der Waals surface area contributed by atoms with Gasteiger partial charge in [-0.1, -0.05) is 31.4 Å². The van der Waals surface area contributed by atoms with Gasteiger partial charge in [0.15, 0.2) is 11.7 Å². The molecule has 7 heteroatoms.